The van der Waals surface area contributed by atoms with Gasteiger partial charge in [-0.3, -0.25) is 0 Å². The summed E-state index contributed by atoms with van der Waals surface area (Å²) in [5.74, 6) is 8.51. The minimum absolute atomic E-state index is 0.491. The average molecular weight is 380 g/mol. The van der Waals surface area contributed by atoms with E-state index in [0.29, 0.717) is 22.0 Å². The number of hydrogen-bond donors (Lipinski definition) is 1. The van der Waals surface area contributed by atoms with Crippen LogP contribution in [-0.2, 0) is 26.8 Å². The van der Waals surface area contributed by atoms with Gasteiger partial charge in [-0.05, 0) is 90.9 Å². The number of rotatable bonds is 4. The van der Waals surface area contributed by atoms with E-state index < -0.39 is 11.1 Å². The molecule has 6 unspecified atom stereocenters. The van der Waals surface area contributed by atoms with Gasteiger partial charge in [-0.2, -0.15) is 5.90 Å². The number of ether oxygens (including phenoxy) is 1. The molecule has 144 valence electrons. The summed E-state index contributed by atoms with van der Waals surface area (Å²) in [6.07, 6.45) is 7.53. The van der Waals surface area contributed by atoms with Crippen LogP contribution >= 0.6 is 0 Å². The molecule has 2 fully saturated rings. The van der Waals surface area contributed by atoms with Gasteiger partial charge in [-0.15, -0.1) is 9.32 Å². The van der Waals surface area contributed by atoms with Crippen LogP contribution in [0.15, 0.2) is 17.0 Å². The molecular weight excluding hydrogens is 350 g/mol. The molecule has 4 rings (SSSR count). The third kappa shape index (κ3) is 2.73. The number of hydrogen-bond acceptors (Lipinski definition) is 5. The van der Waals surface area contributed by atoms with Crippen LogP contribution in [0.1, 0.15) is 63.0 Å². The molecule has 0 aromatic heterocycles. The minimum atomic E-state index is -1.79. The van der Waals surface area contributed by atoms with Crippen molar-refractivity contribution in [2.24, 2.45) is 29.1 Å². The maximum atomic E-state index is 12.2. The van der Waals surface area contributed by atoms with Gasteiger partial charge in [0, 0.05) is 0 Å². The van der Waals surface area contributed by atoms with Gasteiger partial charge in [0.15, 0.2) is 0 Å². The predicted octanol–water partition coefficient (Wildman–Crippen LogP) is 4.03. The first-order valence-corrected chi connectivity index (χ1v) is 10.7. The minimum Gasteiger partial charge on any atom is -0.495 e. The van der Waals surface area contributed by atoms with Crippen LogP contribution in [0, 0.1) is 23.2 Å². The van der Waals surface area contributed by atoms with Crippen LogP contribution in [0.5, 0.6) is 5.75 Å². The van der Waals surface area contributed by atoms with Crippen LogP contribution in [0.3, 0.4) is 0 Å². The van der Waals surface area contributed by atoms with Crippen molar-refractivity contribution in [2.75, 3.05) is 7.11 Å². The highest BCUT2D eigenvalue weighted by Gasteiger charge is 2.53. The van der Waals surface area contributed by atoms with Crippen LogP contribution < -0.4 is 10.6 Å². The number of aryl methyl sites for hydroxylation is 1. The van der Waals surface area contributed by atoms with Crippen LogP contribution in [0.2, 0.25) is 0 Å². The summed E-state index contributed by atoms with van der Waals surface area (Å²) < 4.78 is 22.4. The SMILES string of the molecule is COc1cc2c(cc1S(=O)OON)CCC1C2CCC2(C)C(C)CCC12. The van der Waals surface area contributed by atoms with E-state index in [1.54, 1.807) is 7.11 Å². The van der Waals surface area contributed by atoms with Crippen LogP contribution in [0.25, 0.3) is 0 Å². The fourth-order valence-corrected chi connectivity index (χ4v) is 6.89. The van der Waals surface area contributed by atoms with Crippen molar-refractivity contribution in [3.63, 3.8) is 0 Å². The smallest absolute Gasteiger partial charge is 0.225 e. The van der Waals surface area contributed by atoms with E-state index in [4.69, 9.17) is 10.6 Å². The fourth-order valence-electron chi connectivity index (χ4n) is 6.20. The molecule has 3 aliphatic carbocycles. The lowest BCUT2D eigenvalue weighted by Gasteiger charge is -2.50. The molecule has 0 radical (unpaired) electrons. The standard InChI is InChI=1S/C20H29NO4S/c1-12-4-7-17-15-6-5-13-10-19(26(22)25-24-21)18(23-3)11-16(13)14(15)8-9-20(12,17)2/h10-12,14-15,17H,4-9,21H2,1-3H3. The van der Waals surface area contributed by atoms with Crippen molar-refractivity contribution in [1.29, 1.82) is 0 Å². The molecule has 0 amide bonds. The highest BCUT2D eigenvalue weighted by molar-refractivity contribution is 7.80. The topological polar surface area (TPSA) is 70.8 Å². The zero-order valence-corrected chi connectivity index (χ0v) is 16.6. The number of benzene rings is 1. The van der Waals surface area contributed by atoms with Crippen molar-refractivity contribution in [3.05, 3.63) is 23.3 Å². The van der Waals surface area contributed by atoms with Gasteiger partial charge < -0.3 is 4.74 Å². The van der Waals surface area contributed by atoms with Crippen molar-refractivity contribution < 1.29 is 18.3 Å². The third-order valence-electron chi connectivity index (χ3n) is 7.76. The highest BCUT2D eigenvalue weighted by atomic mass is 32.2. The van der Waals surface area contributed by atoms with E-state index in [9.17, 15) is 4.21 Å². The maximum Gasteiger partial charge on any atom is 0.225 e. The maximum absolute atomic E-state index is 12.2. The average Bonchev–Trinajstić information content (AvgIpc) is 2.95. The Hall–Kier alpha value is -0.950. The summed E-state index contributed by atoms with van der Waals surface area (Å²) >= 11 is -1.79. The fraction of sp³-hybridized carbons (Fsp3) is 0.700. The van der Waals surface area contributed by atoms with E-state index >= 15 is 0 Å². The summed E-state index contributed by atoms with van der Waals surface area (Å²) in [6, 6.07) is 4.05. The number of methoxy groups -OCH3 is 1. The van der Waals surface area contributed by atoms with E-state index in [2.05, 4.69) is 29.2 Å². The molecule has 0 bridgehead atoms. The molecule has 0 saturated heterocycles. The first-order chi connectivity index (χ1) is 12.5. The van der Waals surface area contributed by atoms with Gasteiger partial charge in [0.05, 0.1) is 7.11 Å². The molecule has 2 N–H and O–H groups in total. The molecule has 3 aliphatic rings. The molecule has 0 spiro atoms. The van der Waals surface area contributed by atoms with Crippen molar-refractivity contribution >= 4 is 11.1 Å². The molecular formula is C20H29NO4S. The Labute approximate surface area is 158 Å². The summed E-state index contributed by atoms with van der Waals surface area (Å²) in [7, 11) is 1.60. The second-order valence-electron chi connectivity index (χ2n) is 8.54. The van der Waals surface area contributed by atoms with E-state index in [1.807, 2.05) is 6.07 Å². The first kappa shape index (κ1) is 18.4. The van der Waals surface area contributed by atoms with Crippen molar-refractivity contribution in [1.82, 2.24) is 0 Å². The molecule has 1 aromatic rings. The van der Waals surface area contributed by atoms with E-state index in [1.165, 1.54) is 43.2 Å². The van der Waals surface area contributed by atoms with Crippen LogP contribution in [0.4, 0.5) is 0 Å². The summed E-state index contributed by atoms with van der Waals surface area (Å²) in [6.45, 7) is 4.97. The second-order valence-corrected chi connectivity index (χ2v) is 9.58. The van der Waals surface area contributed by atoms with Crippen molar-refractivity contribution in [2.45, 2.75) is 63.2 Å². The Morgan fingerprint density at radius 1 is 1.23 bits per heavy atom. The molecule has 0 heterocycles. The first-order valence-electron chi connectivity index (χ1n) is 9.66. The second kappa shape index (κ2) is 6.89. The van der Waals surface area contributed by atoms with Gasteiger partial charge in [-0.25, -0.2) is 4.21 Å². The Bertz CT molecular complexity index is 724. The quantitative estimate of drug-likeness (QED) is 0.632. The van der Waals surface area contributed by atoms with Gasteiger partial charge in [0.25, 0.3) is 0 Å². The normalized spacial score (nSPS) is 36.8. The predicted molar refractivity (Wildman–Crippen MR) is 99.5 cm³/mol. The third-order valence-corrected chi connectivity index (χ3v) is 8.64. The zero-order chi connectivity index (χ0) is 18.5. The summed E-state index contributed by atoms with van der Waals surface area (Å²) in [5.41, 5.74) is 3.16. The Morgan fingerprint density at radius 3 is 2.77 bits per heavy atom. The molecule has 1 aromatic carbocycles. The Kier molecular flexibility index (Phi) is 4.88. The molecule has 26 heavy (non-hydrogen) atoms. The summed E-state index contributed by atoms with van der Waals surface area (Å²) in [4.78, 5) is 4.59. The van der Waals surface area contributed by atoms with Gasteiger partial charge in [0.1, 0.15) is 10.6 Å². The van der Waals surface area contributed by atoms with E-state index in [0.717, 1.165) is 24.2 Å². The molecule has 0 aliphatic heterocycles. The lowest BCUT2D eigenvalue weighted by molar-refractivity contribution is -0.201. The molecule has 2 saturated carbocycles. The Balaban J connectivity index is 1.69. The van der Waals surface area contributed by atoms with Crippen molar-refractivity contribution in [3.8, 4) is 5.75 Å². The summed E-state index contributed by atoms with van der Waals surface area (Å²) in [5, 5.41) is 0. The highest BCUT2D eigenvalue weighted by Crippen LogP contribution is 2.63. The van der Waals surface area contributed by atoms with Gasteiger partial charge in [-0.1, -0.05) is 13.8 Å². The molecule has 6 heteroatoms. The van der Waals surface area contributed by atoms with Gasteiger partial charge >= 0.3 is 0 Å². The number of nitrogens with two attached hydrogens (primary N) is 1. The molecule has 6 atom stereocenters. The van der Waals surface area contributed by atoms with Crippen LogP contribution in [-0.4, -0.2) is 11.3 Å². The van der Waals surface area contributed by atoms with Gasteiger partial charge in [0.2, 0.25) is 11.1 Å². The zero-order valence-electron chi connectivity index (χ0n) is 15.8. The largest absolute Gasteiger partial charge is 0.495 e. The number of fused-ring (bicyclic) bond motifs is 5. The Morgan fingerprint density at radius 2 is 2.04 bits per heavy atom. The lowest BCUT2D eigenvalue weighted by Crippen LogP contribution is -2.41. The lowest BCUT2D eigenvalue weighted by atomic mass is 9.54. The van der Waals surface area contributed by atoms with E-state index in [-0.39, 0.29) is 0 Å². The monoisotopic (exact) mass is 379 g/mol. The molecule has 5 nitrogen and oxygen atoms in total.